The largest absolute Gasteiger partial charge is 0.254 e. The van der Waals surface area contributed by atoms with Gasteiger partial charge in [-0.3, -0.25) is 4.98 Å². The molecule has 0 aliphatic rings. The van der Waals surface area contributed by atoms with Crippen LogP contribution in [0.3, 0.4) is 0 Å². The van der Waals surface area contributed by atoms with Gasteiger partial charge < -0.3 is 0 Å². The van der Waals surface area contributed by atoms with Crippen molar-refractivity contribution in [3.8, 4) is 0 Å². The molecule has 0 aliphatic carbocycles. The first kappa shape index (κ1) is 7.49. The molecular formula is C8H6INS. The van der Waals surface area contributed by atoms with Crippen molar-refractivity contribution < 1.29 is 0 Å². The molecule has 11 heavy (non-hydrogen) atoms. The summed E-state index contributed by atoms with van der Waals surface area (Å²) in [6.07, 6.45) is 1.92. The van der Waals surface area contributed by atoms with Gasteiger partial charge in [-0.05, 0) is 46.5 Å². The Morgan fingerprint density at radius 2 is 2.36 bits per heavy atom. The van der Waals surface area contributed by atoms with Gasteiger partial charge in [-0.25, -0.2) is 0 Å². The Balaban J connectivity index is 2.93. The van der Waals surface area contributed by atoms with Crippen LogP contribution in [0.1, 0.15) is 5.56 Å². The monoisotopic (exact) mass is 275 g/mol. The third kappa shape index (κ3) is 1.16. The lowest BCUT2D eigenvalue weighted by Crippen LogP contribution is -1.81. The van der Waals surface area contributed by atoms with E-state index in [9.17, 15) is 0 Å². The molecule has 0 fully saturated rings. The molecule has 0 unspecified atom stereocenters. The highest BCUT2D eigenvalue weighted by molar-refractivity contribution is 14.1. The van der Waals surface area contributed by atoms with E-state index in [1.165, 1.54) is 13.8 Å². The van der Waals surface area contributed by atoms with Gasteiger partial charge in [-0.15, -0.1) is 11.3 Å². The first-order valence-electron chi connectivity index (χ1n) is 3.27. The normalized spacial score (nSPS) is 10.7. The molecule has 2 heterocycles. The molecule has 0 saturated heterocycles. The second kappa shape index (κ2) is 2.71. The second-order valence-electron chi connectivity index (χ2n) is 2.37. The zero-order chi connectivity index (χ0) is 7.84. The predicted molar refractivity (Wildman–Crippen MR) is 57.1 cm³/mol. The first-order chi connectivity index (χ1) is 5.29. The van der Waals surface area contributed by atoms with Gasteiger partial charge in [0.1, 0.15) is 0 Å². The molecular weight excluding hydrogens is 269 g/mol. The molecule has 3 heteroatoms. The van der Waals surface area contributed by atoms with Crippen molar-refractivity contribution in [3.63, 3.8) is 0 Å². The van der Waals surface area contributed by atoms with Crippen LogP contribution in [0.25, 0.3) is 10.2 Å². The van der Waals surface area contributed by atoms with E-state index in [1.54, 1.807) is 11.3 Å². The van der Waals surface area contributed by atoms with Crippen molar-refractivity contribution in [2.45, 2.75) is 6.92 Å². The summed E-state index contributed by atoms with van der Waals surface area (Å²) in [5.41, 5.74) is 2.47. The fourth-order valence-electron chi connectivity index (χ4n) is 1.02. The molecule has 0 amide bonds. The number of nitrogens with zero attached hydrogens (tertiary/aromatic N) is 1. The number of aromatic nitrogens is 1. The third-order valence-corrected chi connectivity index (χ3v) is 3.77. The highest BCUT2D eigenvalue weighted by Gasteiger charge is 2.02. The van der Waals surface area contributed by atoms with Crippen LogP contribution in [-0.2, 0) is 0 Å². The fraction of sp³-hybridized carbons (Fsp3) is 0.125. The van der Waals surface area contributed by atoms with E-state index in [-0.39, 0.29) is 0 Å². The van der Waals surface area contributed by atoms with Crippen LogP contribution in [0.2, 0.25) is 0 Å². The third-order valence-electron chi connectivity index (χ3n) is 1.66. The van der Waals surface area contributed by atoms with Crippen LogP contribution in [0, 0.1) is 10.5 Å². The summed E-state index contributed by atoms with van der Waals surface area (Å²) in [6, 6.07) is 2.06. The van der Waals surface area contributed by atoms with Crippen molar-refractivity contribution in [1.29, 1.82) is 0 Å². The molecule has 0 bridgehead atoms. The Morgan fingerprint density at radius 3 is 3.18 bits per heavy atom. The summed E-state index contributed by atoms with van der Waals surface area (Å²) in [7, 11) is 0. The van der Waals surface area contributed by atoms with E-state index in [0.717, 1.165) is 5.52 Å². The molecule has 0 aliphatic heterocycles. The number of pyridine rings is 1. The first-order valence-corrected chi connectivity index (χ1v) is 5.23. The van der Waals surface area contributed by atoms with Crippen LogP contribution in [0.15, 0.2) is 17.6 Å². The lowest BCUT2D eigenvalue weighted by atomic mass is 10.3. The number of fused-ring (bicyclic) bond motifs is 1. The maximum Gasteiger partial charge on any atom is 0.0813 e. The molecule has 0 radical (unpaired) electrons. The van der Waals surface area contributed by atoms with Gasteiger partial charge in [0.25, 0.3) is 0 Å². The topological polar surface area (TPSA) is 12.9 Å². The number of halogens is 1. The second-order valence-corrected chi connectivity index (χ2v) is 4.44. The minimum absolute atomic E-state index is 1.12. The number of aryl methyl sites for hydroxylation is 1. The van der Waals surface area contributed by atoms with Crippen molar-refractivity contribution >= 4 is 44.1 Å². The molecule has 0 saturated carbocycles. The van der Waals surface area contributed by atoms with Gasteiger partial charge in [0.2, 0.25) is 0 Å². The molecule has 0 aromatic carbocycles. The van der Waals surface area contributed by atoms with E-state index < -0.39 is 0 Å². The zero-order valence-electron chi connectivity index (χ0n) is 5.97. The minimum atomic E-state index is 1.12. The van der Waals surface area contributed by atoms with Crippen LogP contribution in [0.5, 0.6) is 0 Å². The lowest BCUT2D eigenvalue weighted by molar-refractivity contribution is 1.35. The van der Waals surface area contributed by atoms with Crippen molar-refractivity contribution in [2.24, 2.45) is 0 Å². The van der Waals surface area contributed by atoms with Crippen molar-refractivity contribution in [1.82, 2.24) is 4.98 Å². The summed E-state index contributed by atoms with van der Waals surface area (Å²) in [4.78, 5) is 4.30. The number of rotatable bonds is 0. The Morgan fingerprint density at radius 1 is 1.55 bits per heavy atom. The van der Waals surface area contributed by atoms with Crippen LogP contribution >= 0.6 is 33.9 Å². The van der Waals surface area contributed by atoms with E-state index >= 15 is 0 Å². The minimum Gasteiger partial charge on any atom is -0.254 e. The summed E-state index contributed by atoms with van der Waals surface area (Å²) >= 11 is 4.07. The van der Waals surface area contributed by atoms with Crippen LogP contribution in [-0.4, -0.2) is 4.98 Å². The number of thiophene rings is 1. The molecule has 1 nitrogen and oxygen atoms in total. The average molecular weight is 275 g/mol. The highest BCUT2D eigenvalue weighted by Crippen LogP contribution is 2.25. The van der Waals surface area contributed by atoms with Gasteiger partial charge in [0.15, 0.2) is 0 Å². The zero-order valence-corrected chi connectivity index (χ0v) is 8.94. The van der Waals surface area contributed by atoms with Gasteiger partial charge in [-0.1, -0.05) is 0 Å². The van der Waals surface area contributed by atoms with Gasteiger partial charge in [0.05, 0.1) is 10.2 Å². The molecule has 0 spiro atoms. The Hall–Kier alpha value is -0.160. The van der Waals surface area contributed by atoms with Crippen LogP contribution in [0.4, 0.5) is 0 Å². The van der Waals surface area contributed by atoms with E-state index in [2.05, 4.69) is 45.9 Å². The van der Waals surface area contributed by atoms with E-state index in [1.807, 2.05) is 6.20 Å². The fourth-order valence-corrected chi connectivity index (χ4v) is 2.47. The number of hydrogen-bond acceptors (Lipinski definition) is 2. The molecule has 56 valence electrons. The molecule has 0 N–H and O–H groups in total. The SMILES string of the molecule is Cc1c(I)cnc2ccsc12. The summed E-state index contributed by atoms with van der Waals surface area (Å²) in [5.74, 6) is 0. The van der Waals surface area contributed by atoms with Crippen molar-refractivity contribution in [2.75, 3.05) is 0 Å². The van der Waals surface area contributed by atoms with Gasteiger partial charge >= 0.3 is 0 Å². The summed E-state index contributed by atoms with van der Waals surface area (Å²) in [5, 5.41) is 2.08. The number of hydrogen-bond donors (Lipinski definition) is 0. The standard InChI is InChI=1S/C8H6INS/c1-5-6(9)4-10-7-2-3-11-8(5)7/h2-4H,1H3. The smallest absolute Gasteiger partial charge is 0.0813 e. The van der Waals surface area contributed by atoms with E-state index in [4.69, 9.17) is 0 Å². The Bertz CT molecular complexity index is 394. The molecule has 0 atom stereocenters. The quantitative estimate of drug-likeness (QED) is 0.673. The highest BCUT2D eigenvalue weighted by atomic mass is 127. The summed E-state index contributed by atoms with van der Waals surface area (Å²) < 4.78 is 2.56. The average Bonchev–Trinajstić information content (AvgIpc) is 2.45. The van der Waals surface area contributed by atoms with Gasteiger partial charge in [0, 0.05) is 9.77 Å². The Kier molecular flexibility index (Phi) is 1.85. The van der Waals surface area contributed by atoms with E-state index in [0.29, 0.717) is 0 Å². The van der Waals surface area contributed by atoms with Crippen molar-refractivity contribution in [3.05, 3.63) is 26.8 Å². The summed E-state index contributed by atoms with van der Waals surface area (Å²) in [6.45, 7) is 2.14. The van der Waals surface area contributed by atoms with Gasteiger partial charge in [-0.2, -0.15) is 0 Å². The lowest BCUT2D eigenvalue weighted by Gasteiger charge is -1.96. The molecule has 2 rings (SSSR count). The van der Waals surface area contributed by atoms with Crippen LogP contribution < -0.4 is 0 Å². The Labute approximate surface area is 82.6 Å². The maximum atomic E-state index is 4.30. The molecule has 2 aromatic rings. The maximum absolute atomic E-state index is 4.30. The molecule has 2 aromatic heterocycles. The predicted octanol–water partition coefficient (Wildman–Crippen LogP) is 3.21.